The highest BCUT2D eigenvalue weighted by atomic mass is 16.3. The largest absolute Gasteiger partial charge is 0.507 e. The molecule has 35 heavy (non-hydrogen) atoms. The van der Waals surface area contributed by atoms with E-state index in [1.165, 1.54) is 0 Å². The highest BCUT2D eigenvalue weighted by Gasteiger charge is 2.57. The Morgan fingerprint density at radius 2 is 1.49 bits per heavy atom. The van der Waals surface area contributed by atoms with Gasteiger partial charge in [-0.1, -0.05) is 20.8 Å². The van der Waals surface area contributed by atoms with E-state index >= 15 is 0 Å². The van der Waals surface area contributed by atoms with E-state index in [1.54, 1.807) is 13.8 Å². The van der Waals surface area contributed by atoms with Crippen LogP contribution >= 0.6 is 0 Å². The van der Waals surface area contributed by atoms with Crippen LogP contribution in [0.5, 0.6) is 17.2 Å². The van der Waals surface area contributed by atoms with Gasteiger partial charge in [-0.05, 0) is 94.3 Å². The van der Waals surface area contributed by atoms with Crippen LogP contribution in [0, 0.1) is 29.1 Å². The number of aliphatic hydroxyl groups is 2. The molecule has 0 aromatic heterocycles. The van der Waals surface area contributed by atoms with Gasteiger partial charge in [-0.2, -0.15) is 0 Å². The summed E-state index contributed by atoms with van der Waals surface area (Å²) in [6.45, 7) is 11.6. The second kappa shape index (κ2) is 9.40. The zero-order valence-corrected chi connectivity index (χ0v) is 21.8. The fraction of sp³-hybridized carbons (Fsp3) is 0.714. The molecular formula is C28H42O7. The molecule has 3 rings (SSSR count). The lowest BCUT2D eigenvalue weighted by atomic mass is 9.60. The summed E-state index contributed by atoms with van der Waals surface area (Å²) in [5.74, 6) is -2.15. The molecule has 0 bridgehead atoms. The second-order valence-corrected chi connectivity index (χ2v) is 12.4. The second-order valence-electron chi connectivity index (χ2n) is 12.4. The molecule has 1 aromatic carbocycles. The van der Waals surface area contributed by atoms with Crippen molar-refractivity contribution < 1.29 is 35.1 Å². The molecule has 2 aliphatic rings. The smallest absolute Gasteiger partial charge is 0.157 e. The lowest BCUT2D eigenvalue weighted by molar-refractivity contribution is -0.0336. The van der Waals surface area contributed by atoms with Crippen molar-refractivity contribution in [3.63, 3.8) is 0 Å². The molecule has 2 aliphatic carbocycles. The molecule has 6 atom stereocenters. The van der Waals surface area contributed by atoms with E-state index in [-0.39, 0.29) is 29.2 Å². The Labute approximate surface area is 208 Å². The van der Waals surface area contributed by atoms with E-state index in [9.17, 15) is 35.1 Å². The van der Waals surface area contributed by atoms with Gasteiger partial charge in [0.25, 0.3) is 0 Å². The molecule has 5 N–H and O–H groups in total. The predicted molar refractivity (Wildman–Crippen MR) is 133 cm³/mol. The van der Waals surface area contributed by atoms with Crippen molar-refractivity contribution in [1.29, 1.82) is 0 Å². The Hall–Kier alpha value is -2.12. The number of phenols is 3. The normalized spacial score (nSPS) is 32.2. The Balaban J connectivity index is 2.26. The van der Waals surface area contributed by atoms with E-state index in [1.807, 2.05) is 20.8 Å². The Bertz CT molecular complexity index is 939. The summed E-state index contributed by atoms with van der Waals surface area (Å²) in [7, 11) is 0. The first kappa shape index (κ1) is 27.5. The summed E-state index contributed by atoms with van der Waals surface area (Å²) >= 11 is 0. The quantitative estimate of drug-likeness (QED) is 0.343. The molecule has 0 heterocycles. The highest BCUT2D eigenvalue weighted by Crippen LogP contribution is 2.65. The summed E-state index contributed by atoms with van der Waals surface area (Å²) in [6.07, 6.45) is 4.56. The minimum atomic E-state index is -0.930. The predicted octanol–water partition coefficient (Wildman–Crippen LogP) is 4.91. The zero-order valence-electron chi connectivity index (χ0n) is 21.8. The minimum Gasteiger partial charge on any atom is -0.507 e. The molecule has 0 aliphatic heterocycles. The van der Waals surface area contributed by atoms with Gasteiger partial charge in [0, 0.05) is 5.56 Å². The molecule has 7 heteroatoms. The zero-order chi connectivity index (χ0) is 26.5. The summed E-state index contributed by atoms with van der Waals surface area (Å²) in [5.41, 5.74) is -3.08. The van der Waals surface area contributed by atoms with Crippen LogP contribution in [-0.4, -0.2) is 49.3 Å². The Kier molecular flexibility index (Phi) is 7.37. The van der Waals surface area contributed by atoms with Crippen molar-refractivity contribution >= 4 is 12.6 Å². The first-order chi connectivity index (χ1) is 16.1. The number of hydrogen-bond acceptors (Lipinski definition) is 7. The molecule has 196 valence electrons. The number of aldehydes is 2. The van der Waals surface area contributed by atoms with Gasteiger partial charge >= 0.3 is 0 Å². The number of aromatic hydroxyl groups is 3. The van der Waals surface area contributed by atoms with Gasteiger partial charge in [0.15, 0.2) is 12.6 Å². The maximum atomic E-state index is 11.8. The van der Waals surface area contributed by atoms with Crippen molar-refractivity contribution in [3.05, 3.63) is 16.7 Å². The van der Waals surface area contributed by atoms with Crippen LogP contribution < -0.4 is 0 Å². The standard InChI is InChI=1S/C28H42O7/c1-15(2)11-21(22-24(32)17(13-29)23(31)18(14-30)25(22)33)27(5)9-8-19-20(27)12-16(26(3,4)34)7-10-28(19,6)35/h13-16,19-21,31-35H,7-12H2,1-6H3/t16-,19-,20+,21+,27+,28-/m1/s1. The van der Waals surface area contributed by atoms with E-state index in [4.69, 9.17) is 0 Å². The van der Waals surface area contributed by atoms with Crippen LogP contribution in [0.15, 0.2) is 0 Å². The van der Waals surface area contributed by atoms with Gasteiger partial charge in [-0.25, -0.2) is 0 Å². The van der Waals surface area contributed by atoms with Crippen molar-refractivity contribution in [2.45, 2.75) is 97.2 Å². The summed E-state index contributed by atoms with van der Waals surface area (Å²) in [6, 6.07) is 0. The van der Waals surface area contributed by atoms with Gasteiger partial charge in [-0.3, -0.25) is 9.59 Å². The molecule has 0 saturated heterocycles. The lowest BCUT2D eigenvalue weighted by Crippen LogP contribution is -2.41. The summed E-state index contributed by atoms with van der Waals surface area (Å²) in [5, 5.41) is 55.0. The van der Waals surface area contributed by atoms with E-state index in [0.717, 1.165) is 6.42 Å². The molecular weight excluding hydrogens is 448 g/mol. The van der Waals surface area contributed by atoms with Crippen LogP contribution in [-0.2, 0) is 0 Å². The van der Waals surface area contributed by atoms with Crippen LogP contribution in [0.4, 0.5) is 0 Å². The van der Waals surface area contributed by atoms with Gasteiger partial charge < -0.3 is 25.5 Å². The monoisotopic (exact) mass is 490 g/mol. The molecule has 0 unspecified atom stereocenters. The fourth-order valence-electron chi connectivity index (χ4n) is 7.15. The summed E-state index contributed by atoms with van der Waals surface area (Å²) in [4.78, 5) is 23.5. The molecule has 2 fully saturated rings. The number of carbonyl (C=O) groups excluding carboxylic acids is 2. The van der Waals surface area contributed by atoms with E-state index < -0.39 is 50.9 Å². The van der Waals surface area contributed by atoms with E-state index in [0.29, 0.717) is 44.7 Å². The number of phenolic OH excluding ortho intramolecular Hbond substituents is 3. The Morgan fingerprint density at radius 3 is 1.94 bits per heavy atom. The number of fused-ring (bicyclic) bond motifs is 1. The number of benzene rings is 1. The molecule has 0 spiro atoms. The lowest BCUT2D eigenvalue weighted by Gasteiger charge is -2.45. The van der Waals surface area contributed by atoms with Crippen LogP contribution in [0.1, 0.15) is 112 Å². The van der Waals surface area contributed by atoms with Crippen LogP contribution in [0.2, 0.25) is 0 Å². The van der Waals surface area contributed by atoms with Gasteiger partial charge in [0.1, 0.15) is 17.2 Å². The summed E-state index contributed by atoms with van der Waals surface area (Å²) < 4.78 is 0. The van der Waals surface area contributed by atoms with Crippen LogP contribution in [0.25, 0.3) is 0 Å². The SMILES string of the molecule is CC(C)C[C@@H](c1c(O)c(C=O)c(O)c(C=O)c1O)[C@@]1(C)CC[C@@H]2[C@@H]1C[C@H](C(C)(C)O)CC[C@@]2(C)O. The number of hydrogen-bond donors (Lipinski definition) is 5. The number of rotatable bonds is 7. The first-order valence-electron chi connectivity index (χ1n) is 12.8. The van der Waals surface area contributed by atoms with Gasteiger partial charge in [0.05, 0.1) is 22.3 Å². The third-order valence-electron chi connectivity index (χ3n) is 9.28. The molecule has 0 amide bonds. The molecule has 1 aromatic rings. The first-order valence-corrected chi connectivity index (χ1v) is 12.8. The van der Waals surface area contributed by atoms with Crippen molar-refractivity contribution in [3.8, 4) is 17.2 Å². The minimum absolute atomic E-state index is 0.0351. The molecule has 2 saturated carbocycles. The van der Waals surface area contributed by atoms with Crippen molar-refractivity contribution in [1.82, 2.24) is 0 Å². The van der Waals surface area contributed by atoms with Gasteiger partial charge in [-0.15, -0.1) is 0 Å². The average molecular weight is 491 g/mol. The van der Waals surface area contributed by atoms with Gasteiger partial charge in [0.2, 0.25) is 0 Å². The maximum Gasteiger partial charge on any atom is 0.157 e. The van der Waals surface area contributed by atoms with Crippen molar-refractivity contribution in [2.75, 3.05) is 0 Å². The molecule has 7 nitrogen and oxygen atoms in total. The third kappa shape index (κ3) is 4.69. The van der Waals surface area contributed by atoms with Crippen LogP contribution in [0.3, 0.4) is 0 Å². The number of carbonyl (C=O) groups is 2. The van der Waals surface area contributed by atoms with Crippen molar-refractivity contribution in [2.24, 2.45) is 29.1 Å². The molecule has 0 radical (unpaired) electrons. The highest BCUT2D eigenvalue weighted by molar-refractivity contribution is 5.95. The third-order valence-corrected chi connectivity index (χ3v) is 9.28. The fourth-order valence-corrected chi connectivity index (χ4v) is 7.15. The maximum absolute atomic E-state index is 11.8. The Morgan fingerprint density at radius 1 is 0.943 bits per heavy atom. The van der Waals surface area contributed by atoms with E-state index in [2.05, 4.69) is 6.92 Å². The average Bonchev–Trinajstić information content (AvgIpc) is 3.00. The topological polar surface area (TPSA) is 135 Å².